The van der Waals surface area contributed by atoms with Gasteiger partial charge in [-0.05, 0) is 29.2 Å². The van der Waals surface area contributed by atoms with E-state index in [0.29, 0.717) is 13.2 Å². The Morgan fingerprint density at radius 1 is 1.05 bits per heavy atom. The third-order valence-electron chi connectivity index (χ3n) is 3.16. The van der Waals surface area contributed by atoms with Crippen molar-refractivity contribution in [2.24, 2.45) is 0 Å². The molecule has 2 aromatic rings. The average Bonchev–Trinajstić information content (AvgIpc) is 2.49. The van der Waals surface area contributed by atoms with Crippen molar-refractivity contribution < 1.29 is 9.84 Å². The minimum Gasteiger partial charge on any atom is -0.394 e. The average molecular weight is 268 g/mol. The largest absolute Gasteiger partial charge is 0.394 e. The standard InChI is InChI=1S/C18H20O2/c1-15-7-5-6-10-17(15)18(11-13-20-14-12-19)16-8-3-2-4-9-16/h2-11,19H,12-14H2,1H3. The van der Waals surface area contributed by atoms with Gasteiger partial charge in [-0.15, -0.1) is 0 Å². The molecule has 0 aliphatic carbocycles. The molecule has 2 rings (SSSR count). The Morgan fingerprint density at radius 2 is 1.75 bits per heavy atom. The molecular formula is C18H20O2. The van der Waals surface area contributed by atoms with Crippen LogP contribution in [0.4, 0.5) is 0 Å². The molecule has 0 saturated heterocycles. The predicted molar refractivity (Wildman–Crippen MR) is 82.6 cm³/mol. The van der Waals surface area contributed by atoms with E-state index in [1.165, 1.54) is 22.3 Å². The van der Waals surface area contributed by atoms with Crippen LogP contribution >= 0.6 is 0 Å². The van der Waals surface area contributed by atoms with Gasteiger partial charge in [-0.1, -0.05) is 60.7 Å². The fourth-order valence-electron chi connectivity index (χ4n) is 2.17. The van der Waals surface area contributed by atoms with Crippen molar-refractivity contribution in [2.45, 2.75) is 6.92 Å². The zero-order valence-electron chi connectivity index (χ0n) is 11.8. The monoisotopic (exact) mass is 268 g/mol. The van der Waals surface area contributed by atoms with Crippen LogP contribution in [-0.2, 0) is 4.74 Å². The van der Waals surface area contributed by atoms with Crippen molar-refractivity contribution in [2.75, 3.05) is 19.8 Å². The Kier molecular flexibility index (Phi) is 5.54. The molecule has 0 spiro atoms. The molecule has 0 aliphatic rings. The fourth-order valence-corrected chi connectivity index (χ4v) is 2.17. The second-order valence-electron chi connectivity index (χ2n) is 4.60. The molecule has 0 bridgehead atoms. The molecule has 20 heavy (non-hydrogen) atoms. The van der Waals surface area contributed by atoms with Crippen molar-refractivity contribution in [1.82, 2.24) is 0 Å². The number of hydrogen-bond acceptors (Lipinski definition) is 2. The van der Waals surface area contributed by atoms with Gasteiger partial charge in [-0.25, -0.2) is 0 Å². The molecular weight excluding hydrogens is 248 g/mol. The Hall–Kier alpha value is -1.90. The van der Waals surface area contributed by atoms with Gasteiger partial charge >= 0.3 is 0 Å². The summed E-state index contributed by atoms with van der Waals surface area (Å²) in [6.45, 7) is 3.03. The van der Waals surface area contributed by atoms with Gasteiger partial charge in [0.05, 0.1) is 19.8 Å². The molecule has 2 aromatic carbocycles. The summed E-state index contributed by atoms with van der Waals surface area (Å²) in [5, 5.41) is 8.76. The number of aliphatic hydroxyl groups excluding tert-OH is 1. The van der Waals surface area contributed by atoms with E-state index in [4.69, 9.17) is 9.84 Å². The highest BCUT2D eigenvalue weighted by Crippen LogP contribution is 2.25. The molecule has 0 aromatic heterocycles. The van der Waals surface area contributed by atoms with Crippen LogP contribution in [-0.4, -0.2) is 24.9 Å². The van der Waals surface area contributed by atoms with E-state index in [1.807, 2.05) is 30.3 Å². The van der Waals surface area contributed by atoms with E-state index in [9.17, 15) is 0 Å². The summed E-state index contributed by atoms with van der Waals surface area (Å²) >= 11 is 0. The summed E-state index contributed by atoms with van der Waals surface area (Å²) in [4.78, 5) is 0. The topological polar surface area (TPSA) is 29.5 Å². The second kappa shape index (κ2) is 7.63. The van der Waals surface area contributed by atoms with E-state index >= 15 is 0 Å². The quantitative estimate of drug-likeness (QED) is 0.813. The molecule has 0 atom stereocenters. The highest BCUT2D eigenvalue weighted by Gasteiger charge is 2.06. The van der Waals surface area contributed by atoms with Crippen LogP contribution in [0.2, 0.25) is 0 Å². The number of hydrogen-bond donors (Lipinski definition) is 1. The lowest BCUT2D eigenvalue weighted by Crippen LogP contribution is -2.00. The van der Waals surface area contributed by atoms with Crippen LogP contribution in [0.25, 0.3) is 5.57 Å². The zero-order valence-corrected chi connectivity index (χ0v) is 11.8. The Bertz CT molecular complexity index is 559. The zero-order chi connectivity index (χ0) is 14.2. The van der Waals surface area contributed by atoms with E-state index in [2.05, 4.69) is 37.3 Å². The van der Waals surface area contributed by atoms with E-state index in [-0.39, 0.29) is 6.61 Å². The van der Waals surface area contributed by atoms with Crippen LogP contribution in [0.3, 0.4) is 0 Å². The molecule has 0 heterocycles. The summed E-state index contributed by atoms with van der Waals surface area (Å²) in [6.07, 6.45) is 2.08. The number of ether oxygens (including phenoxy) is 1. The highest BCUT2D eigenvalue weighted by molar-refractivity contribution is 5.81. The van der Waals surface area contributed by atoms with Gasteiger partial charge in [-0.3, -0.25) is 0 Å². The molecule has 0 fully saturated rings. The highest BCUT2D eigenvalue weighted by atomic mass is 16.5. The molecule has 0 unspecified atom stereocenters. The van der Waals surface area contributed by atoms with Gasteiger partial charge in [0.1, 0.15) is 0 Å². The van der Waals surface area contributed by atoms with Gasteiger partial charge in [0, 0.05) is 0 Å². The first-order chi connectivity index (χ1) is 9.83. The second-order valence-corrected chi connectivity index (χ2v) is 4.60. The third-order valence-corrected chi connectivity index (χ3v) is 3.16. The first-order valence-corrected chi connectivity index (χ1v) is 6.83. The minimum absolute atomic E-state index is 0.0544. The first-order valence-electron chi connectivity index (χ1n) is 6.83. The summed E-state index contributed by atoms with van der Waals surface area (Å²) in [5.41, 5.74) is 4.80. The molecule has 2 nitrogen and oxygen atoms in total. The van der Waals surface area contributed by atoms with Gasteiger partial charge in [0.25, 0.3) is 0 Å². The molecule has 0 amide bonds. The smallest absolute Gasteiger partial charge is 0.0702 e. The molecule has 104 valence electrons. The summed E-state index contributed by atoms with van der Waals surface area (Å²) < 4.78 is 5.37. The van der Waals surface area contributed by atoms with Crippen LogP contribution in [0, 0.1) is 6.92 Å². The normalized spacial score (nSPS) is 11.6. The maximum Gasteiger partial charge on any atom is 0.0702 e. The van der Waals surface area contributed by atoms with E-state index in [1.54, 1.807) is 0 Å². The van der Waals surface area contributed by atoms with Gasteiger partial charge < -0.3 is 9.84 Å². The number of rotatable bonds is 6. The van der Waals surface area contributed by atoms with E-state index < -0.39 is 0 Å². The SMILES string of the molecule is Cc1ccccc1C(=CCOCCO)c1ccccc1. The summed E-state index contributed by atoms with van der Waals surface area (Å²) in [7, 11) is 0. The van der Waals surface area contributed by atoms with E-state index in [0.717, 1.165) is 0 Å². The van der Waals surface area contributed by atoms with Crippen molar-refractivity contribution in [3.05, 3.63) is 77.4 Å². The first kappa shape index (κ1) is 14.5. The van der Waals surface area contributed by atoms with Crippen molar-refractivity contribution in [3.8, 4) is 0 Å². The predicted octanol–water partition coefficient (Wildman–Crippen LogP) is 3.44. The number of benzene rings is 2. The Morgan fingerprint density at radius 3 is 2.45 bits per heavy atom. The third kappa shape index (κ3) is 3.80. The lowest BCUT2D eigenvalue weighted by Gasteiger charge is -2.11. The lowest BCUT2D eigenvalue weighted by atomic mass is 9.94. The van der Waals surface area contributed by atoms with Crippen molar-refractivity contribution in [3.63, 3.8) is 0 Å². The lowest BCUT2D eigenvalue weighted by molar-refractivity contribution is 0.112. The molecule has 0 saturated carbocycles. The van der Waals surface area contributed by atoms with Gasteiger partial charge in [0.2, 0.25) is 0 Å². The summed E-state index contributed by atoms with van der Waals surface area (Å²) in [5.74, 6) is 0. The molecule has 0 aliphatic heterocycles. The van der Waals surface area contributed by atoms with Crippen molar-refractivity contribution >= 4 is 5.57 Å². The summed E-state index contributed by atoms with van der Waals surface area (Å²) in [6, 6.07) is 18.6. The number of aryl methyl sites for hydroxylation is 1. The molecule has 1 N–H and O–H groups in total. The van der Waals surface area contributed by atoms with Crippen LogP contribution in [0.5, 0.6) is 0 Å². The maximum atomic E-state index is 8.76. The van der Waals surface area contributed by atoms with Crippen LogP contribution in [0.1, 0.15) is 16.7 Å². The Balaban J connectivity index is 2.32. The van der Waals surface area contributed by atoms with Crippen molar-refractivity contribution in [1.29, 1.82) is 0 Å². The molecule has 0 radical (unpaired) electrons. The number of aliphatic hydroxyl groups is 1. The van der Waals surface area contributed by atoms with Crippen LogP contribution in [0.15, 0.2) is 60.7 Å². The van der Waals surface area contributed by atoms with Gasteiger partial charge in [0.15, 0.2) is 0 Å². The Labute approximate surface area is 120 Å². The minimum atomic E-state index is 0.0544. The maximum absolute atomic E-state index is 8.76. The molecule has 2 heteroatoms. The fraction of sp³-hybridized carbons (Fsp3) is 0.222. The van der Waals surface area contributed by atoms with Crippen LogP contribution < -0.4 is 0 Å². The van der Waals surface area contributed by atoms with Gasteiger partial charge in [-0.2, -0.15) is 0 Å².